The zero-order valence-electron chi connectivity index (χ0n) is 12.8. The van der Waals surface area contributed by atoms with Crippen molar-refractivity contribution in [3.8, 4) is 17.2 Å². The highest BCUT2D eigenvalue weighted by Gasteiger charge is 2.18. The second kappa shape index (κ2) is 6.97. The number of amides is 1. The molecule has 0 aromatic heterocycles. The molecule has 1 unspecified atom stereocenters. The number of hydrogen-bond donors (Lipinski definition) is 1. The highest BCUT2D eigenvalue weighted by Crippen LogP contribution is 2.33. The molecule has 24 heavy (non-hydrogen) atoms. The molecule has 7 heteroatoms. The Morgan fingerprint density at radius 1 is 1.21 bits per heavy atom. The van der Waals surface area contributed by atoms with Gasteiger partial charge in [0.25, 0.3) is 5.91 Å². The molecule has 1 aliphatic heterocycles. The van der Waals surface area contributed by atoms with Crippen LogP contribution in [0.5, 0.6) is 17.2 Å². The fourth-order valence-corrected chi connectivity index (χ4v) is 2.35. The first kappa shape index (κ1) is 16.4. The van der Waals surface area contributed by atoms with E-state index in [-0.39, 0.29) is 10.9 Å². The van der Waals surface area contributed by atoms with Gasteiger partial charge in [0.15, 0.2) is 17.6 Å². The molecular formula is C17H15ClFNO4. The van der Waals surface area contributed by atoms with E-state index in [1.165, 1.54) is 18.2 Å². The van der Waals surface area contributed by atoms with Gasteiger partial charge in [-0.15, -0.1) is 0 Å². The van der Waals surface area contributed by atoms with E-state index in [0.29, 0.717) is 36.1 Å². The van der Waals surface area contributed by atoms with Crippen LogP contribution in [0.3, 0.4) is 0 Å². The van der Waals surface area contributed by atoms with Gasteiger partial charge in [0.2, 0.25) is 0 Å². The lowest BCUT2D eigenvalue weighted by molar-refractivity contribution is -0.122. The van der Waals surface area contributed by atoms with Crippen LogP contribution in [0.15, 0.2) is 36.4 Å². The number of halogens is 2. The Hall–Kier alpha value is -2.47. The first-order valence-corrected chi connectivity index (χ1v) is 7.73. The first-order chi connectivity index (χ1) is 11.5. The topological polar surface area (TPSA) is 56.8 Å². The lowest BCUT2D eigenvalue weighted by atomic mass is 10.2. The SMILES string of the molecule is CC(Oc1ccc2c(c1)OCCO2)C(=O)Nc1ccc(F)c(Cl)c1. The Morgan fingerprint density at radius 3 is 2.71 bits per heavy atom. The van der Waals surface area contributed by atoms with Crippen molar-refractivity contribution < 1.29 is 23.4 Å². The van der Waals surface area contributed by atoms with E-state index in [9.17, 15) is 9.18 Å². The summed E-state index contributed by atoms with van der Waals surface area (Å²) in [5.41, 5.74) is 0.393. The highest BCUT2D eigenvalue weighted by atomic mass is 35.5. The minimum atomic E-state index is -0.767. The summed E-state index contributed by atoms with van der Waals surface area (Å²) in [4.78, 5) is 12.2. The Kier molecular flexibility index (Phi) is 4.76. The van der Waals surface area contributed by atoms with Gasteiger partial charge in [-0.3, -0.25) is 4.79 Å². The number of carbonyl (C=O) groups excluding carboxylic acids is 1. The molecule has 1 aliphatic rings. The fourth-order valence-electron chi connectivity index (χ4n) is 2.17. The summed E-state index contributed by atoms with van der Waals surface area (Å²) in [7, 11) is 0. The van der Waals surface area contributed by atoms with Gasteiger partial charge >= 0.3 is 0 Å². The zero-order valence-corrected chi connectivity index (χ0v) is 13.6. The number of fused-ring (bicyclic) bond motifs is 1. The molecular weight excluding hydrogens is 337 g/mol. The van der Waals surface area contributed by atoms with E-state index in [1.807, 2.05) is 0 Å². The van der Waals surface area contributed by atoms with Crippen molar-refractivity contribution in [3.05, 3.63) is 47.2 Å². The van der Waals surface area contributed by atoms with E-state index in [0.717, 1.165) is 0 Å². The zero-order chi connectivity index (χ0) is 17.1. The first-order valence-electron chi connectivity index (χ1n) is 7.35. The monoisotopic (exact) mass is 351 g/mol. The number of carbonyl (C=O) groups is 1. The largest absolute Gasteiger partial charge is 0.486 e. The van der Waals surface area contributed by atoms with Gasteiger partial charge in [-0.05, 0) is 37.3 Å². The fraction of sp³-hybridized carbons (Fsp3) is 0.235. The van der Waals surface area contributed by atoms with Crippen LogP contribution in [-0.4, -0.2) is 25.2 Å². The summed E-state index contributed by atoms with van der Waals surface area (Å²) in [6.07, 6.45) is -0.767. The van der Waals surface area contributed by atoms with Gasteiger partial charge in [0.05, 0.1) is 5.02 Å². The molecule has 1 N–H and O–H groups in total. The van der Waals surface area contributed by atoms with Crippen LogP contribution < -0.4 is 19.5 Å². The van der Waals surface area contributed by atoms with Crippen LogP contribution in [0.2, 0.25) is 5.02 Å². The lowest BCUT2D eigenvalue weighted by Crippen LogP contribution is -2.30. The van der Waals surface area contributed by atoms with Crippen molar-refractivity contribution in [2.24, 2.45) is 0 Å². The second-order valence-electron chi connectivity index (χ2n) is 5.18. The van der Waals surface area contributed by atoms with Gasteiger partial charge in [0.1, 0.15) is 24.8 Å². The predicted octanol–water partition coefficient (Wildman–Crippen LogP) is 3.66. The average molecular weight is 352 g/mol. The molecule has 0 fully saturated rings. The third kappa shape index (κ3) is 3.71. The highest BCUT2D eigenvalue weighted by molar-refractivity contribution is 6.31. The van der Waals surface area contributed by atoms with E-state index < -0.39 is 11.9 Å². The van der Waals surface area contributed by atoms with Gasteiger partial charge in [-0.2, -0.15) is 0 Å². The summed E-state index contributed by atoms with van der Waals surface area (Å²) in [5.74, 6) is 0.783. The smallest absolute Gasteiger partial charge is 0.265 e. The quantitative estimate of drug-likeness (QED) is 0.913. The Bertz CT molecular complexity index is 768. The van der Waals surface area contributed by atoms with Crippen LogP contribution in [0.25, 0.3) is 0 Å². The number of ether oxygens (including phenoxy) is 3. The van der Waals surface area contributed by atoms with Crippen LogP contribution >= 0.6 is 11.6 Å². The summed E-state index contributed by atoms with van der Waals surface area (Å²) >= 11 is 5.69. The van der Waals surface area contributed by atoms with Crippen LogP contribution in [0, 0.1) is 5.82 Å². The van der Waals surface area contributed by atoms with Crippen molar-refractivity contribution in [1.29, 1.82) is 0 Å². The van der Waals surface area contributed by atoms with Crippen LogP contribution in [-0.2, 0) is 4.79 Å². The maximum Gasteiger partial charge on any atom is 0.265 e. The number of anilines is 1. The molecule has 3 rings (SSSR count). The third-order valence-electron chi connectivity index (χ3n) is 3.38. The molecule has 5 nitrogen and oxygen atoms in total. The molecule has 0 spiro atoms. The summed E-state index contributed by atoms with van der Waals surface area (Å²) in [6, 6.07) is 9.05. The Labute approximate surface area is 143 Å². The normalized spacial score (nSPS) is 14.0. The van der Waals surface area contributed by atoms with Gasteiger partial charge in [-0.25, -0.2) is 4.39 Å². The molecule has 0 aliphatic carbocycles. The summed E-state index contributed by atoms with van der Waals surface area (Å²) in [6.45, 7) is 2.58. The maximum atomic E-state index is 13.1. The van der Waals surface area contributed by atoms with Crippen LogP contribution in [0.1, 0.15) is 6.92 Å². The molecule has 0 saturated carbocycles. The van der Waals surface area contributed by atoms with Crippen molar-refractivity contribution in [2.75, 3.05) is 18.5 Å². The summed E-state index contributed by atoms with van der Waals surface area (Å²) < 4.78 is 29.6. The second-order valence-corrected chi connectivity index (χ2v) is 5.59. The standard InChI is InChI=1S/C17H15ClFNO4/c1-10(17(21)20-11-2-4-14(19)13(18)8-11)24-12-3-5-15-16(9-12)23-7-6-22-15/h2-5,8-10H,6-7H2,1H3,(H,20,21). The minimum Gasteiger partial charge on any atom is -0.486 e. The minimum absolute atomic E-state index is 0.0618. The van der Waals surface area contributed by atoms with Gasteiger partial charge < -0.3 is 19.5 Å². The Morgan fingerprint density at radius 2 is 1.96 bits per heavy atom. The number of hydrogen-bond acceptors (Lipinski definition) is 4. The third-order valence-corrected chi connectivity index (χ3v) is 3.67. The predicted molar refractivity (Wildman–Crippen MR) is 87.6 cm³/mol. The molecule has 1 atom stereocenters. The maximum absolute atomic E-state index is 13.1. The van der Waals surface area contributed by atoms with E-state index in [4.69, 9.17) is 25.8 Å². The van der Waals surface area contributed by atoms with Gasteiger partial charge in [0, 0.05) is 11.8 Å². The number of rotatable bonds is 4. The van der Waals surface area contributed by atoms with Crippen molar-refractivity contribution in [1.82, 2.24) is 0 Å². The summed E-state index contributed by atoms with van der Waals surface area (Å²) in [5, 5.41) is 2.56. The van der Waals surface area contributed by atoms with E-state index in [1.54, 1.807) is 25.1 Å². The van der Waals surface area contributed by atoms with Crippen LogP contribution in [0.4, 0.5) is 10.1 Å². The van der Waals surface area contributed by atoms with Crippen molar-refractivity contribution in [2.45, 2.75) is 13.0 Å². The molecule has 0 bridgehead atoms. The average Bonchev–Trinajstić information content (AvgIpc) is 2.58. The molecule has 2 aromatic rings. The molecule has 0 radical (unpaired) electrons. The van der Waals surface area contributed by atoms with E-state index >= 15 is 0 Å². The van der Waals surface area contributed by atoms with Gasteiger partial charge in [-0.1, -0.05) is 11.6 Å². The lowest BCUT2D eigenvalue weighted by Gasteiger charge is -2.20. The van der Waals surface area contributed by atoms with Crippen molar-refractivity contribution >= 4 is 23.2 Å². The molecule has 2 aromatic carbocycles. The van der Waals surface area contributed by atoms with Crippen molar-refractivity contribution in [3.63, 3.8) is 0 Å². The number of benzene rings is 2. The molecule has 126 valence electrons. The molecule has 1 amide bonds. The molecule has 0 saturated heterocycles. The van der Waals surface area contributed by atoms with E-state index in [2.05, 4.69) is 5.32 Å². The number of nitrogens with one attached hydrogen (secondary N) is 1. The molecule has 1 heterocycles. The Balaban J connectivity index is 1.64.